The molecule has 4 aliphatic rings. The smallest absolute Gasteiger partial charge is 0.308 e. The molecule has 0 amide bonds. The van der Waals surface area contributed by atoms with E-state index in [0.717, 1.165) is 43.9 Å². The second kappa shape index (κ2) is 6.99. The summed E-state index contributed by atoms with van der Waals surface area (Å²) in [7, 11) is 0. The maximum Gasteiger partial charge on any atom is 0.308 e. The van der Waals surface area contributed by atoms with Gasteiger partial charge in [-0.3, -0.25) is 9.59 Å². The van der Waals surface area contributed by atoms with Gasteiger partial charge in [-0.05, 0) is 80.5 Å². The fourth-order valence-corrected chi connectivity index (χ4v) is 7.70. The van der Waals surface area contributed by atoms with Crippen LogP contribution in [0.5, 0.6) is 0 Å². The molecule has 0 radical (unpaired) electrons. The van der Waals surface area contributed by atoms with Gasteiger partial charge in [-0.25, -0.2) is 0 Å². The van der Waals surface area contributed by atoms with E-state index in [-0.39, 0.29) is 34.7 Å². The highest BCUT2D eigenvalue weighted by Crippen LogP contribution is 2.66. The number of carbonyl (C=O) groups excluding carboxylic acids is 2. The second-order valence-corrected chi connectivity index (χ2v) is 11.0. The number of hydrogen-bond donors (Lipinski definition) is 0. The van der Waals surface area contributed by atoms with E-state index in [1.165, 1.54) is 19.3 Å². The molecule has 0 bridgehead atoms. The van der Waals surface area contributed by atoms with E-state index in [0.29, 0.717) is 11.7 Å². The Morgan fingerprint density at radius 2 is 1.82 bits per heavy atom. The fourth-order valence-electron chi connectivity index (χ4n) is 7.70. The van der Waals surface area contributed by atoms with Crippen molar-refractivity contribution >= 4 is 11.8 Å². The number of ketones is 1. The number of allylic oxidation sites excluding steroid dienone is 1. The van der Waals surface area contributed by atoms with Crippen molar-refractivity contribution in [3.63, 3.8) is 0 Å². The summed E-state index contributed by atoms with van der Waals surface area (Å²) >= 11 is 0. The molecule has 3 nitrogen and oxygen atoms in total. The van der Waals surface area contributed by atoms with Crippen molar-refractivity contribution in [1.82, 2.24) is 0 Å². The third-order valence-corrected chi connectivity index (χ3v) is 9.30. The SMILES string of the molecule is CC(=O)[C@H]1CCC2C3CC=C4C[C@@H](OC(=O)C(C)C)CC[C@]4(C)C3CC[C@@]21C. The molecule has 156 valence electrons. The van der Waals surface area contributed by atoms with Crippen molar-refractivity contribution < 1.29 is 14.3 Å². The van der Waals surface area contributed by atoms with Crippen LogP contribution in [-0.2, 0) is 14.3 Å². The molecule has 0 saturated heterocycles. The maximum atomic E-state index is 12.3. The van der Waals surface area contributed by atoms with Gasteiger partial charge in [0.25, 0.3) is 0 Å². The van der Waals surface area contributed by atoms with Gasteiger partial charge in [0, 0.05) is 12.3 Å². The van der Waals surface area contributed by atoms with E-state index in [1.807, 2.05) is 20.8 Å². The van der Waals surface area contributed by atoms with Crippen LogP contribution in [0.3, 0.4) is 0 Å². The lowest BCUT2D eigenvalue weighted by atomic mass is 9.47. The largest absolute Gasteiger partial charge is 0.462 e. The van der Waals surface area contributed by atoms with Gasteiger partial charge in [-0.1, -0.05) is 39.3 Å². The topological polar surface area (TPSA) is 43.4 Å². The van der Waals surface area contributed by atoms with Gasteiger partial charge in [-0.2, -0.15) is 0 Å². The number of fused-ring (bicyclic) bond motifs is 5. The molecular formula is C25H38O3. The molecule has 4 rings (SSSR count). The Labute approximate surface area is 170 Å². The highest BCUT2D eigenvalue weighted by Gasteiger charge is 2.59. The summed E-state index contributed by atoms with van der Waals surface area (Å²) in [6.07, 6.45) is 11.6. The summed E-state index contributed by atoms with van der Waals surface area (Å²) in [5.41, 5.74) is 2.03. The molecule has 3 unspecified atom stereocenters. The first-order valence-electron chi connectivity index (χ1n) is 11.6. The first-order valence-corrected chi connectivity index (χ1v) is 11.6. The van der Waals surface area contributed by atoms with E-state index >= 15 is 0 Å². The van der Waals surface area contributed by atoms with Gasteiger partial charge in [-0.15, -0.1) is 0 Å². The molecule has 0 heterocycles. The zero-order valence-electron chi connectivity index (χ0n) is 18.4. The summed E-state index contributed by atoms with van der Waals surface area (Å²) in [6.45, 7) is 10.5. The van der Waals surface area contributed by atoms with Crippen molar-refractivity contribution in [3.8, 4) is 0 Å². The molecule has 0 spiro atoms. The van der Waals surface area contributed by atoms with Crippen LogP contribution in [0.2, 0.25) is 0 Å². The van der Waals surface area contributed by atoms with E-state index in [9.17, 15) is 9.59 Å². The highest BCUT2D eigenvalue weighted by molar-refractivity contribution is 5.79. The zero-order chi connectivity index (χ0) is 20.3. The number of carbonyl (C=O) groups is 2. The number of hydrogen-bond acceptors (Lipinski definition) is 3. The average molecular weight is 387 g/mol. The van der Waals surface area contributed by atoms with Crippen LogP contribution >= 0.6 is 0 Å². The van der Waals surface area contributed by atoms with Crippen molar-refractivity contribution in [1.29, 1.82) is 0 Å². The first-order chi connectivity index (χ1) is 13.2. The predicted molar refractivity (Wildman–Crippen MR) is 111 cm³/mol. The van der Waals surface area contributed by atoms with Crippen LogP contribution in [0.15, 0.2) is 11.6 Å². The molecule has 3 fully saturated rings. The quantitative estimate of drug-likeness (QED) is 0.460. The molecule has 3 saturated carbocycles. The van der Waals surface area contributed by atoms with E-state index < -0.39 is 0 Å². The lowest BCUT2D eigenvalue weighted by Gasteiger charge is -2.58. The standard InChI is InChI=1S/C25H38O3/c1-15(2)23(27)28-18-10-12-24(4)17(14-18)6-7-19-21-9-8-20(16(3)26)25(21,5)13-11-22(19)24/h6,15,18-22H,7-14H2,1-5H3/t18-,19?,20+,21?,22?,24-,25+/m0/s1. The minimum atomic E-state index is -0.0578. The summed E-state index contributed by atoms with van der Waals surface area (Å²) < 4.78 is 5.79. The average Bonchev–Trinajstić information content (AvgIpc) is 2.99. The van der Waals surface area contributed by atoms with Gasteiger partial charge in [0.2, 0.25) is 0 Å². The number of rotatable bonds is 3. The normalized spacial score (nSPS) is 44.9. The zero-order valence-corrected chi connectivity index (χ0v) is 18.4. The van der Waals surface area contributed by atoms with Crippen molar-refractivity contribution in [2.24, 2.45) is 40.4 Å². The van der Waals surface area contributed by atoms with E-state index in [4.69, 9.17) is 4.74 Å². The monoisotopic (exact) mass is 386 g/mol. The Bertz CT molecular complexity index is 692. The highest BCUT2D eigenvalue weighted by atomic mass is 16.5. The summed E-state index contributed by atoms with van der Waals surface area (Å²) in [5, 5.41) is 0. The van der Waals surface area contributed by atoms with E-state index in [2.05, 4.69) is 19.9 Å². The maximum absolute atomic E-state index is 12.3. The molecule has 7 atom stereocenters. The molecule has 0 aliphatic heterocycles. The Hall–Kier alpha value is -1.12. The molecule has 0 aromatic carbocycles. The second-order valence-electron chi connectivity index (χ2n) is 11.0. The Kier molecular flexibility index (Phi) is 5.03. The molecule has 0 aromatic rings. The summed E-state index contributed by atoms with van der Waals surface area (Å²) in [6, 6.07) is 0. The minimum absolute atomic E-state index is 0.0503. The van der Waals surface area contributed by atoms with Crippen LogP contribution < -0.4 is 0 Å². The number of ether oxygens (including phenoxy) is 1. The molecule has 0 aromatic heterocycles. The third kappa shape index (κ3) is 2.99. The van der Waals surface area contributed by atoms with Crippen LogP contribution in [-0.4, -0.2) is 17.9 Å². The van der Waals surface area contributed by atoms with Gasteiger partial charge in [0.05, 0.1) is 5.92 Å². The van der Waals surface area contributed by atoms with Crippen molar-refractivity contribution in [2.45, 2.75) is 92.1 Å². The minimum Gasteiger partial charge on any atom is -0.462 e. The Morgan fingerprint density at radius 3 is 2.50 bits per heavy atom. The number of Topliss-reactive ketones (excluding diaryl/α,β-unsaturated/α-hetero) is 1. The molecule has 4 aliphatic carbocycles. The number of esters is 1. The van der Waals surface area contributed by atoms with Crippen LogP contribution in [0, 0.1) is 40.4 Å². The summed E-state index contributed by atoms with van der Waals surface area (Å²) in [5.74, 6) is 2.75. The molecular weight excluding hydrogens is 348 g/mol. The van der Waals surface area contributed by atoms with Gasteiger partial charge < -0.3 is 4.74 Å². The van der Waals surface area contributed by atoms with Crippen LogP contribution in [0.25, 0.3) is 0 Å². The lowest BCUT2D eigenvalue weighted by Crippen LogP contribution is -2.51. The summed E-state index contributed by atoms with van der Waals surface area (Å²) in [4.78, 5) is 24.3. The predicted octanol–water partition coefficient (Wildman–Crippen LogP) is 5.72. The third-order valence-electron chi connectivity index (χ3n) is 9.30. The van der Waals surface area contributed by atoms with Gasteiger partial charge in [0.15, 0.2) is 0 Å². The van der Waals surface area contributed by atoms with Gasteiger partial charge >= 0.3 is 5.97 Å². The van der Waals surface area contributed by atoms with Crippen molar-refractivity contribution in [3.05, 3.63) is 11.6 Å². The van der Waals surface area contributed by atoms with Crippen molar-refractivity contribution in [2.75, 3.05) is 0 Å². The Balaban J connectivity index is 1.54. The van der Waals surface area contributed by atoms with Crippen LogP contribution in [0.4, 0.5) is 0 Å². The molecule has 3 heteroatoms. The molecule has 0 N–H and O–H groups in total. The Morgan fingerprint density at radius 1 is 1.07 bits per heavy atom. The lowest BCUT2D eigenvalue weighted by molar-refractivity contribution is -0.155. The first kappa shape index (κ1) is 20.2. The van der Waals surface area contributed by atoms with Crippen LogP contribution in [0.1, 0.15) is 86.0 Å². The van der Waals surface area contributed by atoms with E-state index in [1.54, 1.807) is 5.57 Å². The van der Waals surface area contributed by atoms with Gasteiger partial charge in [0.1, 0.15) is 11.9 Å². The molecule has 28 heavy (non-hydrogen) atoms. The fraction of sp³-hybridized carbons (Fsp3) is 0.840.